The van der Waals surface area contributed by atoms with Gasteiger partial charge in [0, 0.05) is 0 Å². The van der Waals surface area contributed by atoms with Gasteiger partial charge < -0.3 is 9.05 Å². The van der Waals surface area contributed by atoms with Gasteiger partial charge in [-0.05, 0) is 24.7 Å². The molecule has 0 radical (unpaired) electrons. The highest BCUT2D eigenvalue weighted by molar-refractivity contribution is 7.33. The third-order valence-corrected chi connectivity index (χ3v) is 5.17. The molecule has 0 unspecified atom stereocenters. The van der Waals surface area contributed by atoms with Crippen molar-refractivity contribution in [3.63, 3.8) is 0 Å². The summed E-state index contributed by atoms with van der Waals surface area (Å²) in [7, 11) is -2.26. The van der Waals surface area contributed by atoms with Crippen LogP contribution in [0.1, 0.15) is 105 Å². The van der Waals surface area contributed by atoms with Gasteiger partial charge >= 0.3 is 8.25 Å². The highest BCUT2D eigenvalue weighted by Crippen LogP contribution is 2.25. The molecule has 0 fully saturated rings. The van der Waals surface area contributed by atoms with Gasteiger partial charge in [-0.3, -0.25) is 4.57 Å². The van der Waals surface area contributed by atoms with Crippen LogP contribution in [0, 0.1) is 11.8 Å². The molecule has 0 amide bonds. The van der Waals surface area contributed by atoms with E-state index in [-0.39, 0.29) is 0 Å². The Morgan fingerprint density at radius 3 is 1.29 bits per heavy atom. The molecule has 146 valence electrons. The van der Waals surface area contributed by atoms with Crippen LogP contribution in [0.4, 0.5) is 0 Å². The van der Waals surface area contributed by atoms with Crippen LogP contribution >= 0.6 is 8.25 Å². The van der Waals surface area contributed by atoms with E-state index in [4.69, 9.17) is 9.05 Å². The lowest BCUT2D eigenvalue weighted by atomic mass is 10.0. The van der Waals surface area contributed by atoms with E-state index in [1.54, 1.807) is 0 Å². The normalized spacial score (nSPS) is 12.0. The fourth-order valence-corrected chi connectivity index (χ4v) is 3.43. The molecule has 0 aromatic heterocycles. The fourth-order valence-electron chi connectivity index (χ4n) is 2.72. The van der Waals surface area contributed by atoms with Crippen LogP contribution in [0.5, 0.6) is 0 Å². The zero-order valence-corrected chi connectivity index (χ0v) is 17.8. The second kappa shape index (κ2) is 18.0. The number of rotatable bonds is 18. The molecule has 4 heteroatoms. The van der Waals surface area contributed by atoms with Crippen LogP contribution in [-0.4, -0.2) is 13.2 Å². The Balaban J connectivity index is 3.19. The first-order valence-electron chi connectivity index (χ1n) is 10.3. The Kier molecular flexibility index (Phi) is 18.1. The minimum atomic E-state index is -2.26. The Morgan fingerprint density at radius 1 is 0.583 bits per heavy atom. The Hall–Kier alpha value is 0.150. The molecule has 0 bridgehead atoms. The lowest BCUT2D eigenvalue weighted by Crippen LogP contribution is -1.93. The van der Waals surface area contributed by atoms with Gasteiger partial charge in [-0.15, -0.1) is 0 Å². The van der Waals surface area contributed by atoms with Crippen LogP contribution in [-0.2, 0) is 13.6 Å². The van der Waals surface area contributed by atoms with Gasteiger partial charge in [0.15, 0.2) is 0 Å². The van der Waals surface area contributed by atoms with E-state index in [1.165, 1.54) is 64.2 Å². The predicted molar refractivity (Wildman–Crippen MR) is 106 cm³/mol. The van der Waals surface area contributed by atoms with Crippen molar-refractivity contribution in [3.8, 4) is 0 Å². The molecule has 3 nitrogen and oxygen atoms in total. The number of unbranched alkanes of at least 4 members (excludes halogenated alkanes) is 8. The van der Waals surface area contributed by atoms with E-state index in [0.29, 0.717) is 13.2 Å². The van der Waals surface area contributed by atoms with Gasteiger partial charge in [-0.2, -0.15) is 0 Å². The van der Waals surface area contributed by atoms with Gasteiger partial charge in [0.25, 0.3) is 0 Å². The molecule has 0 aliphatic rings. The molecule has 0 aliphatic carbocycles. The SMILES string of the molecule is CC(C)CCCCCCCO[PH](=O)OCCCCCCCC(C)C. The molecule has 24 heavy (non-hydrogen) atoms. The summed E-state index contributed by atoms with van der Waals surface area (Å²) in [4.78, 5) is 0. The summed E-state index contributed by atoms with van der Waals surface area (Å²) in [5.41, 5.74) is 0. The van der Waals surface area contributed by atoms with Crippen molar-refractivity contribution in [2.24, 2.45) is 11.8 Å². The Bertz CT molecular complexity index is 254. The third kappa shape index (κ3) is 20.2. The van der Waals surface area contributed by atoms with Crippen molar-refractivity contribution in [2.75, 3.05) is 13.2 Å². The first-order valence-corrected chi connectivity index (χ1v) is 11.5. The monoisotopic (exact) mass is 362 g/mol. The second-order valence-corrected chi connectivity index (χ2v) is 8.92. The van der Waals surface area contributed by atoms with E-state index in [2.05, 4.69) is 27.7 Å². The number of hydrogen-bond donors (Lipinski definition) is 0. The highest BCUT2D eigenvalue weighted by atomic mass is 31.1. The average Bonchev–Trinajstić information content (AvgIpc) is 2.51. The van der Waals surface area contributed by atoms with Crippen molar-refractivity contribution in [3.05, 3.63) is 0 Å². The summed E-state index contributed by atoms with van der Waals surface area (Å²) < 4.78 is 22.2. The van der Waals surface area contributed by atoms with Gasteiger partial charge in [0.2, 0.25) is 0 Å². The van der Waals surface area contributed by atoms with Crippen molar-refractivity contribution >= 4 is 8.25 Å². The largest absolute Gasteiger partial charge is 0.319 e. The topological polar surface area (TPSA) is 35.5 Å². The molecule has 0 saturated carbocycles. The second-order valence-electron chi connectivity index (χ2n) is 7.85. The van der Waals surface area contributed by atoms with Crippen molar-refractivity contribution < 1.29 is 13.6 Å². The van der Waals surface area contributed by atoms with Crippen molar-refractivity contribution in [1.29, 1.82) is 0 Å². The molecule has 0 aromatic carbocycles. The van der Waals surface area contributed by atoms with Crippen LogP contribution in [0.15, 0.2) is 0 Å². The molecule has 0 heterocycles. The quantitative estimate of drug-likeness (QED) is 0.188. The summed E-state index contributed by atoms with van der Waals surface area (Å²) in [5.74, 6) is 1.63. The first-order chi connectivity index (χ1) is 11.5. The minimum absolute atomic E-state index is 0.581. The van der Waals surface area contributed by atoms with Crippen LogP contribution in [0.2, 0.25) is 0 Å². The molecule has 0 spiro atoms. The van der Waals surface area contributed by atoms with Gasteiger partial charge in [-0.1, -0.05) is 91.9 Å². The molecule has 0 N–H and O–H groups in total. The van der Waals surface area contributed by atoms with Crippen LogP contribution in [0.25, 0.3) is 0 Å². The molecule has 0 aliphatic heterocycles. The van der Waals surface area contributed by atoms with Gasteiger partial charge in [0.05, 0.1) is 13.2 Å². The van der Waals surface area contributed by atoms with Gasteiger partial charge in [-0.25, -0.2) is 0 Å². The predicted octanol–water partition coefficient (Wildman–Crippen LogP) is 7.40. The van der Waals surface area contributed by atoms with E-state index in [1.807, 2.05) is 0 Å². The highest BCUT2D eigenvalue weighted by Gasteiger charge is 2.01. The van der Waals surface area contributed by atoms with E-state index in [9.17, 15) is 4.57 Å². The maximum Gasteiger partial charge on any atom is 0.319 e. The number of hydrogen-bond acceptors (Lipinski definition) is 3. The van der Waals surface area contributed by atoms with Gasteiger partial charge in [0.1, 0.15) is 0 Å². The Morgan fingerprint density at radius 2 is 0.917 bits per heavy atom. The molecule has 0 atom stereocenters. The summed E-state index contributed by atoms with van der Waals surface area (Å²) in [6.45, 7) is 10.3. The maximum atomic E-state index is 11.6. The zero-order valence-electron chi connectivity index (χ0n) is 16.8. The average molecular weight is 363 g/mol. The van der Waals surface area contributed by atoms with E-state index in [0.717, 1.165) is 24.7 Å². The molecule has 0 saturated heterocycles. The van der Waals surface area contributed by atoms with Crippen LogP contribution < -0.4 is 0 Å². The van der Waals surface area contributed by atoms with Crippen LogP contribution in [0.3, 0.4) is 0 Å². The Labute approximate surface area is 152 Å². The zero-order chi connectivity index (χ0) is 18.0. The summed E-state index contributed by atoms with van der Waals surface area (Å²) in [6, 6.07) is 0. The van der Waals surface area contributed by atoms with E-state index < -0.39 is 8.25 Å². The maximum absolute atomic E-state index is 11.6. The first kappa shape index (κ1) is 24.1. The van der Waals surface area contributed by atoms with Crippen molar-refractivity contribution in [2.45, 2.75) is 105 Å². The summed E-state index contributed by atoms with van der Waals surface area (Å²) >= 11 is 0. The molecule has 0 rings (SSSR count). The fraction of sp³-hybridized carbons (Fsp3) is 1.00. The smallest absolute Gasteiger partial charge is 0.311 e. The minimum Gasteiger partial charge on any atom is -0.311 e. The van der Waals surface area contributed by atoms with Crippen molar-refractivity contribution in [1.82, 2.24) is 0 Å². The summed E-state index contributed by atoms with van der Waals surface area (Å²) in [6.07, 6.45) is 14.8. The van der Waals surface area contributed by atoms with E-state index >= 15 is 0 Å². The molecular weight excluding hydrogens is 319 g/mol. The third-order valence-electron chi connectivity index (χ3n) is 4.29. The molecule has 0 aromatic rings. The lowest BCUT2D eigenvalue weighted by Gasteiger charge is -2.07. The molecular formula is C20H43O3P. The summed E-state index contributed by atoms with van der Waals surface area (Å²) in [5, 5.41) is 0. The lowest BCUT2D eigenvalue weighted by molar-refractivity contribution is 0.218. The standard InChI is InChI=1S/C20H43O3P/c1-19(2)15-11-7-5-9-13-17-22-24(21)23-18-14-10-6-8-12-16-20(3)4/h19-20,24H,5-18H2,1-4H3.